The lowest BCUT2D eigenvalue weighted by Crippen LogP contribution is -2.34. The molecule has 0 radical (unpaired) electrons. The zero-order valence-electron chi connectivity index (χ0n) is 18.8. The van der Waals surface area contributed by atoms with E-state index >= 15 is 0 Å². The molecule has 0 amide bonds. The highest BCUT2D eigenvalue weighted by Gasteiger charge is 2.12. The first kappa shape index (κ1) is 31.1. The predicted octanol–water partition coefficient (Wildman–Crippen LogP) is 5.69. The maximum Gasteiger partial charge on any atom is 0.137 e. The number of rotatable bonds is 4. The van der Waals surface area contributed by atoms with Crippen LogP contribution >= 0.6 is 44.3 Å². The first-order valence-electron chi connectivity index (χ1n) is 10.9. The summed E-state index contributed by atoms with van der Waals surface area (Å²) < 4.78 is 36.8. The third-order valence-electron chi connectivity index (χ3n) is 5.07. The quantitative estimate of drug-likeness (QED) is 0.455. The first-order valence-corrected chi connectivity index (χ1v) is 12.5. The van der Waals surface area contributed by atoms with Crippen LogP contribution in [0.2, 0.25) is 0 Å². The van der Waals surface area contributed by atoms with Crippen molar-refractivity contribution in [1.29, 1.82) is 0 Å². The van der Waals surface area contributed by atoms with Gasteiger partial charge in [0.2, 0.25) is 0 Å². The van der Waals surface area contributed by atoms with Crippen LogP contribution in [0.3, 0.4) is 0 Å². The number of halogens is 5. The van der Waals surface area contributed by atoms with Crippen LogP contribution < -0.4 is 11.1 Å². The summed E-state index contributed by atoms with van der Waals surface area (Å²) in [6.07, 6.45) is 3.37. The molecule has 0 bridgehead atoms. The summed E-state index contributed by atoms with van der Waals surface area (Å²) in [5.74, 6) is -0.127. The van der Waals surface area contributed by atoms with E-state index in [1.54, 1.807) is 12.1 Å². The average Bonchev–Trinajstić information content (AvgIpc) is 2.83. The Balaban J connectivity index is 0.000000275. The standard InChI is InChI=1S/C12H15BrFNO.C7H7BrFN.C5H8O2.ClH/c13-11-7-9(1-2-12(11)14)8-15-10-3-5-16-6-4-10;8-6-3-5(4-10)1-2-7(6)9;6-5-1-3-7-4-2-5;/h1-2,7,10,15H,3-6,8H2;1-3H,4,10H2;1-4H2;1H. The lowest BCUT2D eigenvalue weighted by Gasteiger charge is -2.23. The van der Waals surface area contributed by atoms with Gasteiger partial charge in [0.15, 0.2) is 0 Å². The van der Waals surface area contributed by atoms with E-state index in [9.17, 15) is 13.6 Å². The minimum absolute atomic E-state index is 0. The number of ether oxygens (including phenoxy) is 2. The Kier molecular flexibility index (Phi) is 16.0. The molecule has 0 atom stereocenters. The second-order valence-electron chi connectivity index (χ2n) is 7.62. The van der Waals surface area contributed by atoms with Crippen LogP contribution in [-0.4, -0.2) is 38.3 Å². The summed E-state index contributed by atoms with van der Waals surface area (Å²) in [6, 6.07) is 10.4. The zero-order chi connectivity index (χ0) is 24.1. The number of hydrogen-bond donors (Lipinski definition) is 2. The molecule has 34 heavy (non-hydrogen) atoms. The van der Waals surface area contributed by atoms with Gasteiger partial charge in [-0.15, -0.1) is 12.4 Å². The van der Waals surface area contributed by atoms with Crippen LogP contribution in [0.15, 0.2) is 45.3 Å². The fourth-order valence-corrected chi connectivity index (χ4v) is 3.93. The van der Waals surface area contributed by atoms with Crippen LogP contribution in [0.4, 0.5) is 8.78 Å². The van der Waals surface area contributed by atoms with Gasteiger partial charge in [0.05, 0.1) is 22.2 Å². The van der Waals surface area contributed by atoms with E-state index in [2.05, 4.69) is 37.2 Å². The monoisotopic (exact) mass is 626 g/mol. The van der Waals surface area contributed by atoms with Gasteiger partial charge in [-0.2, -0.15) is 0 Å². The van der Waals surface area contributed by atoms with Crippen molar-refractivity contribution in [3.63, 3.8) is 0 Å². The largest absolute Gasteiger partial charge is 0.381 e. The number of benzene rings is 2. The van der Waals surface area contributed by atoms with E-state index in [-0.39, 0.29) is 24.0 Å². The molecule has 2 aromatic carbocycles. The number of ketones is 1. The summed E-state index contributed by atoms with van der Waals surface area (Å²) in [5.41, 5.74) is 7.35. The van der Waals surface area contributed by atoms with Gasteiger partial charge in [0.1, 0.15) is 17.4 Å². The molecule has 2 aliphatic rings. The van der Waals surface area contributed by atoms with E-state index in [1.165, 1.54) is 12.1 Å². The second kappa shape index (κ2) is 17.5. The third-order valence-corrected chi connectivity index (χ3v) is 6.29. The summed E-state index contributed by atoms with van der Waals surface area (Å²) >= 11 is 6.25. The summed E-state index contributed by atoms with van der Waals surface area (Å²) in [7, 11) is 0. The second-order valence-corrected chi connectivity index (χ2v) is 9.33. The molecular formula is C24H31Br2ClF2N2O3. The molecule has 0 aromatic heterocycles. The van der Waals surface area contributed by atoms with Gasteiger partial charge in [-0.1, -0.05) is 12.1 Å². The molecule has 10 heteroatoms. The highest BCUT2D eigenvalue weighted by atomic mass is 79.9. The molecule has 0 saturated carbocycles. The average molecular weight is 629 g/mol. The van der Waals surface area contributed by atoms with Crippen LogP contribution in [0.1, 0.15) is 36.8 Å². The first-order chi connectivity index (χ1) is 15.9. The van der Waals surface area contributed by atoms with E-state index in [0.29, 0.717) is 53.4 Å². The maximum atomic E-state index is 13.0. The molecule has 0 spiro atoms. The van der Waals surface area contributed by atoms with Crippen LogP contribution in [0.25, 0.3) is 0 Å². The SMILES string of the molecule is Cl.Fc1ccc(CNC2CCOCC2)cc1Br.NCc1ccc(F)c(Br)c1.O=C1CCOCC1. The Hall–Kier alpha value is -0.940. The van der Waals surface area contributed by atoms with E-state index < -0.39 is 0 Å². The van der Waals surface area contributed by atoms with Gasteiger partial charge in [0, 0.05) is 45.2 Å². The number of hydrogen-bond acceptors (Lipinski definition) is 5. The molecule has 5 nitrogen and oxygen atoms in total. The molecule has 2 aromatic rings. The Morgan fingerprint density at radius 2 is 1.38 bits per heavy atom. The molecule has 2 saturated heterocycles. The van der Waals surface area contributed by atoms with E-state index in [0.717, 1.165) is 43.7 Å². The van der Waals surface area contributed by atoms with Gasteiger partial charge in [-0.05, 0) is 80.1 Å². The summed E-state index contributed by atoms with van der Waals surface area (Å²) in [5, 5.41) is 3.46. The zero-order valence-corrected chi connectivity index (χ0v) is 22.8. The number of Topliss-reactive ketones (excluding diaryl/α,β-unsaturated/α-hetero) is 1. The van der Waals surface area contributed by atoms with Gasteiger partial charge >= 0.3 is 0 Å². The van der Waals surface area contributed by atoms with Crippen molar-refractivity contribution in [2.75, 3.05) is 26.4 Å². The van der Waals surface area contributed by atoms with Crippen molar-refractivity contribution in [1.82, 2.24) is 5.32 Å². The molecule has 0 unspecified atom stereocenters. The molecule has 190 valence electrons. The summed E-state index contributed by atoms with van der Waals surface area (Å²) in [4.78, 5) is 10.4. The Labute approximate surface area is 222 Å². The molecule has 3 N–H and O–H groups in total. The Morgan fingerprint density at radius 3 is 1.85 bits per heavy atom. The van der Waals surface area contributed by atoms with Gasteiger partial charge in [0.25, 0.3) is 0 Å². The third kappa shape index (κ3) is 12.2. The normalized spacial score (nSPS) is 15.9. The fourth-order valence-electron chi connectivity index (χ4n) is 3.08. The van der Waals surface area contributed by atoms with Gasteiger partial charge < -0.3 is 20.5 Å². The lowest BCUT2D eigenvalue weighted by atomic mass is 10.1. The molecule has 2 fully saturated rings. The van der Waals surface area contributed by atoms with Crippen LogP contribution in [0, 0.1) is 11.6 Å². The van der Waals surface area contributed by atoms with Crippen molar-refractivity contribution in [3.05, 3.63) is 68.1 Å². The van der Waals surface area contributed by atoms with Gasteiger partial charge in [-0.3, -0.25) is 4.79 Å². The number of nitrogens with two attached hydrogens (primary N) is 1. The van der Waals surface area contributed by atoms with Crippen molar-refractivity contribution in [3.8, 4) is 0 Å². The van der Waals surface area contributed by atoms with Crippen molar-refractivity contribution in [2.24, 2.45) is 5.73 Å². The smallest absolute Gasteiger partial charge is 0.137 e. The molecule has 0 aliphatic carbocycles. The van der Waals surface area contributed by atoms with Crippen molar-refractivity contribution < 1.29 is 23.0 Å². The highest BCUT2D eigenvalue weighted by molar-refractivity contribution is 9.10. The highest BCUT2D eigenvalue weighted by Crippen LogP contribution is 2.17. The Morgan fingerprint density at radius 1 is 0.882 bits per heavy atom. The predicted molar refractivity (Wildman–Crippen MR) is 139 cm³/mol. The van der Waals surface area contributed by atoms with E-state index in [1.807, 2.05) is 12.1 Å². The topological polar surface area (TPSA) is 73.6 Å². The Bertz CT molecular complexity index is 879. The van der Waals surface area contributed by atoms with Crippen molar-refractivity contribution >= 4 is 50.1 Å². The lowest BCUT2D eigenvalue weighted by molar-refractivity contribution is -0.124. The minimum Gasteiger partial charge on any atom is -0.381 e. The number of carbonyl (C=O) groups is 1. The molecule has 2 aliphatic heterocycles. The van der Waals surface area contributed by atoms with Gasteiger partial charge in [-0.25, -0.2) is 8.78 Å². The minimum atomic E-state index is -0.253. The number of carbonyl (C=O) groups excluding carboxylic acids is 1. The fraction of sp³-hybridized carbons (Fsp3) is 0.458. The maximum absolute atomic E-state index is 13.0. The molecule has 2 heterocycles. The van der Waals surface area contributed by atoms with Crippen LogP contribution in [-0.2, 0) is 27.4 Å². The molecule has 4 rings (SSSR count). The van der Waals surface area contributed by atoms with E-state index in [4.69, 9.17) is 15.2 Å². The number of nitrogens with one attached hydrogen (secondary N) is 1. The van der Waals surface area contributed by atoms with Crippen LogP contribution in [0.5, 0.6) is 0 Å². The van der Waals surface area contributed by atoms with Crippen molar-refractivity contribution in [2.45, 2.75) is 44.8 Å². The molecular weight excluding hydrogens is 598 g/mol. The summed E-state index contributed by atoms with van der Waals surface area (Å²) in [6.45, 7) is 4.18.